The van der Waals surface area contributed by atoms with Crippen molar-refractivity contribution in [2.45, 2.75) is 98.6 Å². The molecule has 0 radical (unpaired) electrons. The minimum Gasteiger partial charge on any atom is -0.381 e. The maximum absolute atomic E-state index is 12.6. The molecule has 0 aliphatic heterocycles. The Balaban J connectivity index is 4.25. The summed E-state index contributed by atoms with van der Waals surface area (Å²) in [7, 11) is 0. The van der Waals surface area contributed by atoms with E-state index in [9.17, 15) is 14.4 Å². The topological polar surface area (TPSA) is 161 Å². The van der Waals surface area contributed by atoms with E-state index >= 15 is 0 Å². The fraction of sp³-hybridized carbons (Fsp3) is 0.921. The van der Waals surface area contributed by atoms with Crippen LogP contribution >= 0.6 is 0 Å². The van der Waals surface area contributed by atoms with Gasteiger partial charge in [-0.2, -0.15) is 0 Å². The van der Waals surface area contributed by atoms with Crippen molar-refractivity contribution in [2.75, 3.05) is 119 Å². The van der Waals surface area contributed by atoms with Crippen LogP contribution in [0.2, 0.25) is 0 Å². The third kappa shape index (κ3) is 39.5. The average Bonchev–Trinajstić information content (AvgIpc) is 3.09. The molecule has 0 aromatic heterocycles. The van der Waals surface area contributed by atoms with Crippen molar-refractivity contribution < 1.29 is 52.3 Å². The van der Waals surface area contributed by atoms with Crippen LogP contribution in [0.3, 0.4) is 0 Å². The van der Waals surface area contributed by atoms with Gasteiger partial charge in [-0.05, 0) is 31.1 Å². The number of nitrogens with one attached hydrogen (secondary N) is 3. The summed E-state index contributed by atoms with van der Waals surface area (Å²) in [6.07, 6.45) is 3.78. The van der Waals surface area contributed by atoms with Crippen LogP contribution in [0, 0.1) is 11.8 Å². The Morgan fingerprint density at radius 1 is 0.462 bits per heavy atom. The van der Waals surface area contributed by atoms with Crippen LogP contribution in [0.1, 0.15) is 86.5 Å². The minimum absolute atomic E-state index is 0.116. The molecule has 0 spiro atoms. The highest BCUT2D eigenvalue weighted by Crippen LogP contribution is 2.02. The van der Waals surface area contributed by atoms with Gasteiger partial charge in [-0.25, -0.2) is 0 Å². The first-order chi connectivity index (χ1) is 25.1. The van der Waals surface area contributed by atoms with Gasteiger partial charge in [-0.3, -0.25) is 14.4 Å². The minimum atomic E-state index is -0.445. The average molecular weight is 750 g/mol. The summed E-state index contributed by atoms with van der Waals surface area (Å²) in [5.74, 6) is 0.956. The summed E-state index contributed by atoms with van der Waals surface area (Å²) in [4.78, 5) is 37.0. The van der Waals surface area contributed by atoms with Crippen molar-refractivity contribution in [3.63, 3.8) is 0 Å². The van der Waals surface area contributed by atoms with Gasteiger partial charge in [-0.15, -0.1) is 0 Å². The van der Waals surface area contributed by atoms with Gasteiger partial charge in [0.05, 0.1) is 91.9 Å². The molecule has 308 valence electrons. The van der Waals surface area contributed by atoms with Crippen molar-refractivity contribution >= 4 is 17.6 Å². The number of ketones is 1. The van der Waals surface area contributed by atoms with Gasteiger partial charge in [0.15, 0.2) is 0 Å². The molecular formula is C38H75N3O11. The Morgan fingerprint density at radius 2 is 0.923 bits per heavy atom. The number of carbonyl (C=O) groups excluding carboxylic acids is 3. The lowest BCUT2D eigenvalue weighted by atomic mass is 10.1. The van der Waals surface area contributed by atoms with Crippen molar-refractivity contribution in [1.82, 2.24) is 16.0 Å². The number of Topliss-reactive ketones (excluding diaryl/α,β-unsaturated/α-hetero) is 1. The molecule has 14 nitrogen and oxygen atoms in total. The van der Waals surface area contributed by atoms with Crippen LogP contribution in [0.5, 0.6) is 0 Å². The number of hydrogen-bond acceptors (Lipinski definition) is 12. The number of amides is 2. The molecule has 3 N–H and O–H groups in total. The zero-order valence-electron chi connectivity index (χ0n) is 33.5. The second kappa shape index (κ2) is 37.6. The number of ether oxygens (including phenoxy) is 8. The number of hydrogen-bond donors (Lipinski definition) is 3. The monoisotopic (exact) mass is 750 g/mol. The van der Waals surface area contributed by atoms with Gasteiger partial charge < -0.3 is 53.8 Å². The van der Waals surface area contributed by atoms with Crippen molar-refractivity contribution in [1.29, 1.82) is 0 Å². The zero-order valence-corrected chi connectivity index (χ0v) is 33.5. The molecule has 0 aromatic rings. The number of carbonyl (C=O) groups is 3. The van der Waals surface area contributed by atoms with Gasteiger partial charge in [0.2, 0.25) is 11.8 Å². The molecule has 52 heavy (non-hydrogen) atoms. The molecule has 1 atom stereocenters. The maximum atomic E-state index is 12.6. The normalized spacial score (nSPS) is 12.2. The van der Waals surface area contributed by atoms with Gasteiger partial charge in [0.25, 0.3) is 0 Å². The van der Waals surface area contributed by atoms with E-state index in [0.29, 0.717) is 116 Å². The molecule has 0 saturated carbocycles. The van der Waals surface area contributed by atoms with E-state index in [2.05, 4.69) is 57.5 Å². The Morgan fingerprint density at radius 3 is 1.50 bits per heavy atom. The summed E-state index contributed by atoms with van der Waals surface area (Å²) >= 11 is 0. The summed E-state index contributed by atoms with van der Waals surface area (Å²) in [5.41, 5.74) is 0. The van der Waals surface area contributed by atoms with Crippen molar-refractivity contribution in [2.24, 2.45) is 11.8 Å². The molecule has 0 rings (SSSR count). The van der Waals surface area contributed by atoms with Crippen LogP contribution in [0.4, 0.5) is 0 Å². The van der Waals surface area contributed by atoms with Crippen LogP contribution in [0.15, 0.2) is 0 Å². The quantitative estimate of drug-likeness (QED) is 0.0786. The maximum Gasteiger partial charge on any atom is 0.222 e. The van der Waals surface area contributed by atoms with E-state index in [4.69, 9.17) is 37.9 Å². The molecule has 14 heteroatoms. The predicted octanol–water partition coefficient (Wildman–Crippen LogP) is 3.33. The molecule has 0 heterocycles. The summed E-state index contributed by atoms with van der Waals surface area (Å²) in [6.45, 7) is 20.9. The summed E-state index contributed by atoms with van der Waals surface area (Å²) in [5, 5.41) is 9.03. The lowest BCUT2D eigenvalue weighted by molar-refractivity contribution is -0.125. The highest BCUT2D eigenvalue weighted by atomic mass is 16.6. The highest BCUT2D eigenvalue weighted by Gasteiger charge is 2.14. The van der Waals surface area contributed by atoms with Crippen LogP contribution in [-0.4, -0.2) is 148 Å². The second-order valence-corrected chi connectivity index (χ2v) is 13.8. The predicted molar refractivity (Wildman–Crippen MR) is 202 cm³/mol. The first-order valence-electron chi connectivity index (χ1n) is 19.5. The molecule has 2 amide bonds. The summed E-state index contributed by atoms with van der Waals surface area (Å²) < 4.78 is 44.6. The molecule has 0 aliphatic rings. The first-order valence-corrected chi connectivity index (χ1v) is 19.5. The molecule has 0 saturated heterocycles. The van der Waals surface area contributed by atoms with E-state index < -0.39 is 6.04 Å². The lowest BCUT2D eigenvalue weighted by Gasteiger charge is -2.19. The second-order valence-electron chi connectivity index (χ2n) is 13.8. The number of rotatable bonds is 40. The molecule has 0 aliphatic carbocycles. The van der Waals surface area contributed by atoms with Gasteiger partial charge >= 0.3 is 0 Å². The Hall–Kier alpha value is -1.75. The summed E-state index contributed by atoms with van der Waals surface area (Å²) in [6, 6.07) is 0.00452. The lowest BCUT2D eigenvalue weighted by Crippen LogP contribution is -2.42. The van der Waals surface area contributed by atoms with E-state index in [1.54, 1.807) is 0 Å². The SMILES string of the molecule is CC(C)CCOCCCC(=O)CCOCC(COCCC(=O)NCCOCCC(C)C)NC(=O)CCOCCOCCOCCOCCNC(C)C. The smallest absolute Gasteiger partial charge is 0.222 e. The van der Waals surface area contributed by atoms with Crippen LogP contribution in [-0.2, 0) is 52.3 Å². The third-order valence-corrected chi connectivity index (χ3v) is 7.38. The largest absolute Gasteiger partial charge is 0.381 e. The van der Waals surface area contributed by atoms with Gasteiger partial charge in [-0.1, -0.05) is 41.5 Å². The van der Waals surface area contributed by atoms with Gasteiger partial charge in [0.1, 0.15) is 5.78 Å². The van der Waals surface area contributed by atoms with Crippen LogP contribution in [0.25, 0.3) is 0 Å². The Labute approximate surface area is 314 Å². The van der Waals surface area contributed by atoms with E-state index in [1.165, 1.54) is 0 Å². The van der Waals surface area contributed by atoms with E-state index in [-0.39, 0.29) is 63.5 Å². The van der Waals surface area contributed by atoms with Crippen molar-refractivity contribution in [3.8, 4) is 0 Å². The Bertz CT molecular complexity index is 794. The van der Waals surface area contributed by atoms with Gasteiger partial charge in [0, 0.05) is 64.6 Å². The molecule has 1 unspecified atom stereocenters. The third-order valence-electron chi connectivity index (χ3n) is 7.38. The molecule has 0 bridgehead atoms. The fourth-order valence-corrected chi connectivity index (χ4v) is 4.27. The molecular weight excluding hydrogens is 674 g/mol. The van der Waals surface area contributed by atoms with E-state index in [1.807, 2.05) is 0 Å². The Kier molecular flexibility index (Phi) is 36.3. The molecule has 0 aromatic carbocycles. The fourth-order valence-electron chi connectivity index (χ4n) is 4.27. The van der Waals surface area contributed by atoms with E-state index in [0.717, 1.165) is 19.4 Å². The highest BCUT2D eigenvalue weighted by molar-refractivity contribution is 5.78. The standard InChI is InChI=1S/C38H75N3O11/c1-32(2)9-17-45-16-7-8-36(42)11-19-51-30-35(31-52-21-12-37(43)40-15-23-46-18-10-33(3)4)41-38(44)13-20-47-24-26-49-28-29-50-27-25-48-22-14-39-34(5)6/h32-35,39H,7-31H2,1-6H3,(H,40,43)(H,41,44). The first kappa shape index (κ1) is 50.2. The molecule has 0 fully saturated rings. The van der Waals surface area contributed by atoms with Crippen molar-refractivity contribution in [3.05, 3.63) is 0 Å². The van der Waals surface area contributed by atoms with Crippen LogP contribution < -0.4 is 16.0 Å². The zero-order chi connectivity index (χ0) is 38.5.